The van der Waals surface area contributed by atoms with Crippen LogP contribution in [0.5, 0.6) is 0 Å². The monoisotopic (exact) mass is 176 g/mol. The number of benzene rings is 1. The van der Waals surface area contributed by atoms with Crippen LogP contribution in [0.4, 0.5) is 0 Å². The van der Waals surface area contributed by atoms with Crippen molar-refractivity contribution in [2.75, 3.05) is 0 Å². The maximum atomic E-state index is 5.81. The third kappa shape index (κ3) is 1.69. The Bertz CT molecular complexity index is 356. The van der Waals surface area contributed by atoms with Gasteiger partial charge in [-0.05, 0) is 36.3 Å². The molecule has 1 heteroatoms. The molecule has 0 atom stereocenters. The number of terminal acetylenes is 1. The van der Waals surface area contributed by atoms with Crippen LogP contribution in [-0.4, -0.2) is 0 Å². The van der Waals surface area contributed by atoms with Crippen molar-refractivity contribution in [3.8, 4) is 12.3 Å². The van der Waals surface area contributed by atoms with Crippen molar-refractivity contribution in [1.82, 2.24) is 0 Å². The maximum Gasteiger partial charge on any atom is 0.0412 e. The predicted molar refractivity (Wildman–Crippen MR) is 54.1 cm³/mol. The topological polar surface area (TPSA) is 0 Å². The summed E-state index contributed by atoms with van der Waals surface area (Å²) in [5.41, 5.74) is 2.72. The third-order valence-electron chi connectivity index (χ3n) is 1.60. The minimum Gasteiger partial charge on any atom is -0.115 e. The molecule has 0 saturated heterocycles. The highest BCUT2D eigenvalue weighted by Crippen LogP contribution is 2.20. The van der Waals surface area contributed by atoms with Crippen LogP contribution in [0.1, 0.15) is 18.1 Å². The normalized spacial score (nSPS) is 9.08. The van der Waals surface area contributed by atoms with Crippen LogP contribution in [0, 0.1) is 12.3 Å². The predicted octanol–water partition coefficient (Wildman–Crippen LogP) is 3.35. The van der Waals surface area contributed by atoms with Gasteiger partial charge in [0.05, 0.1) is 0 Å². The lowest BCUT2D eigenvalue weighted by atomic mass is 10.0. The molecule has 60 valence electrons. The van der Waals surface area contributed by atoms with Gasteiger partial charge in [0.1, 0.15) is 0 Å². The average Bonchev–Trinajstić information content (AvgIpc) is 2.04. The van der Waals surface area contributed by atoms with Gasteiger partial charge in [-0.15, -0.1) is 6.42 Å². The summed E-state index contributed by atoms with van der Waals surface area (Å²) >= 11 is 5.81. The number of allylic oxidation sites excluding steroid dienone is 1. The van der Waals surface area contributed by atoms with E-state index in [9.17, 15) is 0 Å². The third-order valence-corrected chi connectivity index (χ3v) is 1.83. The summed E-state index contributed by atoms with van der Waals surface area (Å²) < 4.78 is 0. The molecule has 1 aromatic rings. The summed E-state index contributed by atoms with van der Waals surface area (Å²) in [7, 11) is 0. The summed E-state index contributed by atoms with van der Waals surface area (Å²) in [6, 6.07) is 5.44. The molecular weight excluding hydrogens is 168 g/mol. The first-order chi connectivity index (χ1) is 5.65. The van der Waals surface area contributed by atoms with Crippen molar-refractivity contribution in [2.45, 2.75) is 6.92 Å². The Labute approximate surface area is 77.9 Å². The maximum absolute atomic E-state index is 5.81. The van der Waals surface area contributed by atoms with Gasteiger partial charge in [-0.2, -0.15) is 0 Å². The van der Waals surface area contributed by atoms with Gasteiger partial charge in [0.2, 0.25) is 0 Å². The summed E-state index contributed by atoms with van der Waals surface area (Å²) in [6.45, 7) is 5.73. The summed E-state index contributed by atoms with van der Waals surface area (Å²) in [4.78, 5) is 0. The molecule has 0 fully saturated rings. The van der Waals surface area contributed by atoms with Crippen molar-refractivity contribution < 1.29 is 0 Å². The van der Waals surface area contributed by atoms with Crippen LogP contribution in [0.15, 0.2) is 24.8 Å². The SMILES string of the molecule is C#Cc1ccc(Cl)cc1C(=C)C. The fourth-order valence-electron chi connectivity index (χ4n) is 0.995. The molecule has 1 aromatic carbocycles. The van der Waals surface area contributed by atoms with E-state index in [4.69, 9.17) is 18.0 Å². The Balaban J connectivity index is 3.34. The second kappa shape index (κ2) is 3.47. The number of hydrogen-bond acceptors (Lipinski definition) is 0. The molecule has 0 aromatic heterocycles. The molecule has 12 heavy (non-hydrogen) atoms. The fourth-order valence-corrected chi connectivity index (χ4v) is 1.17. The van der Waals surface area contributed by atoms with E-state index in [0.717, 1.165) is 16.7 Å². The number of hydrogen-bond donors (Lipinski definition) is 0. The van der Waals surface area contributed by atoms with Crippen LogP contribution < -0.4 is 0 Å². The van der Waals surface area contributed by atoms with Crippen LogP contribution in [0.2, 0.25) is 5.02 Å². The van der Waals surface area contributed by atoms with E-state index in [1.165, 1.54) is 0 Å². The molecule has 0 aliphatic rings. The smallest absolute Gasteiger partial charge is 0.0412 e. The van der Waals surface area contributed by atoms with Crippen LogP contribution >= 0.6 is 11.6 Å². The van der Waals surface area contributed by atoms with Crippen molar-refractivity contribution in [1.29, 1.82) is 0 Å². The Morgan fingerprint density at radius 3 is 2.75 bits per heavy atom. The Morgan fingerprint density at radius 1 is 1.58 bits per heavy atom. The summed E-state index contributed by atoms with van der Waals surface area (Å²) in [5.74, 6) is 2.58. The van der Waals surface area contributed by atoms with E-state index in [1.807, 2.05) is 19.1 Å². The highest BCUT2D eigenvalue weighted by atomic mass is 35.5. The summed E-state index contributed by atoms with van der Waals surface area (Å²) in [5, 5.41) is 0.687. The highest BCUT2D eigenvalue weighted by molar-refractivity contribution is 6.30. The summed E-state index contributed by atoms with van der Waals surface area (Å²) in [6.07, 6.45) is 5.30. The zero-order chi connectivity index (χ0) is 9.14. The molecule has 0 saturated carbocycles. The molecule has 0 nitrogen and oxygen atoms in total. The van der Waals surface area contributed by atoms with E-state index < -0.39 is 0 Å². The lowest BCUT2D eigenvalue weighted by Gasteiger charge is -2.03. The molecule has 0 N–H and O–H groups in total. The standard InChI is InChI=1S/C11H9Cl/c1-4-9-5-6-10(12)7-11(9)8(2)3/h1,5-7H,2H2,3H3. The molecule has 0 aliphatic carbocycles. The fraction of sp³-hybridized carbons (Fsp3) is 0.0909. The van der Waals surface area contributed by atoms with Gasteiger partial charge in [-0.3, -0.25) is 0 Å². The average molecular weight is 177 g/mol. The largest absolute Gasteiger partial charge is 0.115 e. The lowest BCUT2D eigenvalue weighted by molar-refractivity contribution is 1.54. The molecule has 0 bridgehead atoms. The molecule has 0 amide bonds. The van der Waals surface area contributed by atoms with Gasteiger partial charge < -0.3 is 0 Å². The van der Waals surface area contributed by atoms with E-state index in [1.54, 1.807) is 6.07 Å². The Kier molecular flexibility index (Phi) is 2.58. The van der Waals surface area contributed by atoms with Gasteiger partial charge in [0.15, 0.2) is 0 Å². The molecule has 0 radical (unpaired) electrons. The number of rotatable bonds is 1. The first-order valence-electron chi connectivity index (χ1n) is 3.57. The first-order valence-corrected chi connectivity index (χ1v) is 3.95. The van der Waals surface area contributed by atoms with Crippen molar-refractivity contribution in [2.24, 2.45) is 0 Å². The van der Waals surface area contributed by atoms with Gasteiger partial charge in [0, 0.05) is 10.6 Å². The van der Waals surface area contributed by atoms with Gasteiger partial charge in [-0.1, -0.05) is 24.1 Å². The molecule has 0 spiro atoms. The molecule has 0 unspecified atom stereocenters. The first kappa shape index (κ1) is 8.90. The van der Waals surface area contributed by atoms with Crippen molar-refractivity contribution in [3.05, 3.63) is 40.9 Å². The lowest BCUT2D eigenvalue weighted by Crippen LogP contribution is -1.84. The molecule has 0 aliphatic heterocycles. The van der Waals surface area contributed by atoms with E-state index in [2.05, 4.69) is 12.5 Å². The minimum absolute atomic E-state index is 0.687. The molecule has 1 rings (SSSR count). The van der Waals surface area contributed by atoms with E-state index in [-0.39, 0.29) is 0 Å². The van der Waals surface area contributed by atoms with Gasteiger partial charge in [0.25, 0.3) is 0 Å². The van der Waals surface area contributed by atoms with Crippen molar-refractivity contribution >= 4 is 17.2 Å². The van der Waals surface area contributed by atoms with Crippen LogP contribution in [-0.2, 0) is 0 Å². The van der Waals surface area contributed by atoms with E-state index in [0.29, 0.717) is 5.02 Å². The Morgan fingerprint density at radius 2 is 2.25 bits per heavy atom. The van der Waals surface area contributed by atoms with Crippen LogP contribution in [0.25, 0.3) is 5.57 Å². The zero-order valence-electron chi connectivity index (χ0n) is 6.89. The minimum atomic E-state index is 0.687. The second-order valence-corrected chi connectivity index (χ2v) is 3.05. The quantitative estimate of drug-likeness (QED) is 0.576. The zero-order valence-corrected chi connectivity index (χ0v) is 7.65. The molecular formula is C11H9Cl. The van der Waals surface area contributed by atoms with Gasteiger partial charge in [-0.25, -0.2) is 0 Å². The second-order valence-electron chi connectivity index (χ2n) is 2.61. The van der Waals surface area contributed by atoms with Crippen molar-refractivity contribution in [3.63, 3.8) is 0 Å². The Hall–Kier alpha value is -1.19. The van der Waals surface area contributed by atoms with Gasteiger partial charge >= 0.3 is 0 Å². The molecule has 0 heterocycles. The number of halogens is 1. The van der Waals surface area contributed by atoms with E-state index >= 15 is 0 Å². The highest BCUT2D eigenvalue weighted by Gasteiger charge is 2.00. The van der Waals surface area contributed by atoms with Crippen LogP contribution in [0.3, 0.4) is 0 Å².